The average Bonchev–Trinajstić information content (AvgIpc) is 3.23. The van der Waals surface area contributed by atoms with Crippen molar-refractivity contribution < 1.29 is 27.5 Å². The lowest BCUT2D eigenvalue weighted by Crippen LogP contribution is -2.49. The minimum atomic E-state index is -3.78. The summed E-state index contributed by atoms with van der Waals surface area (Å²) < 4.78 is 32.5. The molecule has 2 heterocycles. The van der Waals surface area contributed by atoms with Gasteiger partial charge in [-0.3, -0.25) is 14.5 Å². The molecular weight excluding hydrogens is 444 g/mol. The number of para-hydroxylation sites is 1. The minimum absolute atomic E-state index is 0.0687. The molecular formula is C24H26N2O6S. The van der Waals surface area contributed by atoms with Gasteiger partial charge >= 0.3 is 5.97 Å². The van der Waals surface area contributed by atoms with Crippen LogP contribution in [0.2, 0.25) is 0 Å². The number of Topliss-reactive ketones (excluding diaryl/α,β-unsaturated/α-hetero) is 1. The molecule has 2 aromatic rings. The maximum atomic E-state index is 13.5. The molecule has 33 heavy (non-hydrogen) atoms. The van der Waals surface area contributed by atoms with Crippen molar-refractivity contribution >= 4 is 33.4 Å². The Morgan fingerprint density at radius 1 is 1.00 bits per heavy atom. The normalized spacial score (nSPS) is 19.2. The fourth-order valence-electron chi connectivity index (χ4n) is 4.55. The first-order valence-electron chi connectivity index (χ1n) is 10.8. The molecule has 0 radical (unpaired) electrons. The molecule has 1 atom stereocenters. The quantitative estimate of drug-likeness (QED) is 0.491. The van der Waals surface area contributed by atoms with Crippen molar-refractivity contribution in [3.63, 3.8) is 0 Å². The molecule has 0 spiro atoms. The number of methoxy groups -OCH3 is 1. The summed E-state index contributed by atoms with van der Waals surface area (Å²) in [6.07, 6.45) is 1.09. The summed E-state index contributed by atoms with van der Waals surface area (Å²) in [4.78, 5) is 39.1. The van der Waals surface area contributed by atoms with E-state index in [1.165, 1.54) is 35.4 Å². The average molecular weight is 471 g/mol. The number of hydrogen-bond acceptors (Lipinski definition) is 6. The molecule has 1 fully saturated rings. The molecule has 1 saturated heterocycles. The van der Waals surface area contributed by atoms with Crippen molar-refractivity contribution in [2.24, 2.45) is 5.92 Å². The van der Waals surface area contributed by atoms with Gasteiger partial charge in [-0.25, -0.2) is 13.2 Å². The number of carbonyl (C=O) groups excluding carboxylic acids is 3. The zero-order valence-electron chi connectivity index (χ0n) is 18.6. The van der Waals surface area contributed by atoms with Crippen molar-refractivity contribution in [3.8, 4) is 0 Å². The molecule has 0 aromatic heterocycles. The predicted octanol–water partition coefficient (Wildman–Crippen LogP) is 2.42. The standard InChI is InChI=1S/C24H26N2O6S/c1-16(27)18-7-5-8-20(14-18)33(30,31)25-12-10-17(11-13-25)23(28)26-21-9-4-3-6-19(21)15-22(26)24(29)32-2/h3-9,14,17,22H,10-13,15H2,1-2H3. The van der Waals surface area contributed by atoms with Gasteiger partial charge in [0.1, 0.15) is 6.04 Å². The molecule has 1 amide bonds. The summed E-state index contributed by atoms with van der Waals surface area (Å²) in [6.45, 7) is 1.75. The summed E-state index contributed by atoms with van der Waals surface area (Å²) >= 11 is 0. The Morgan fingerprint density at radius 3 is 2.36 bits per heavy atom. The monoisotopic (exact) mass is 470 g/mol. The highest BCUT2D eigenvalue weighted by Crippen LogP contribution is 2.36. The Hall–Kier alpha value is -3.04. The number of fused-ring (bicyclic) bond motifs is 1. The first-order chi connectivity index (χ1) is 15.7. The van der Waals surface area contributed by atoms with Gasteiger partial charge in [0.2, 0.25) is 15.9 Å². The van der Waals surface area contributed by atoms with Gasteiger partial charge in [0.15, 0.2) is 5.78 Å². The fraction of sp³-hybridized carbons (Fsp3) is 0.375. The van der Waals surface area contributed by atoms with Gasteiger partial charge in [-0.1, -0.05) is 30.3 Å². The van der Waals surface area contributed by atoms with Gasteiger partial charge in [0.25, 0.3) is 0 Å². The van der Waals surface area contributed by atoms with Crippen LogP contribution in [-0.4, -0.2) is 56.6 Å². The van der Waals surface area contributed by atoms with Crippen LogP contribution in [0.1, 0.15) is 35.7 Å². The predicted molar refractivity (Wildman–Crippen MR) is 121 cm³/mol. The van der Waals surface area contributed by atoms with E-state index in [2.05, 4.69) is 0 Å². The Labute approximate surface area is 193 Å². The van der Waals surface area contributed by atoms with Crippen LogP contribution >= 0.6 is 0 Å². The molecule has 0 bridgehead atoms. The zero-order chi connectivity index (χ0) is 23.8. The number of esters is 1. The number of nitrogens with zero attached hydrogens (tertiary/aromatic N) is 2. The highest BCUT2D eigenvalue weighted by molar-refractivity contribution is 7.89. The largest absolute Gasteiger partial charge is 0.467 e. The first-order valence-corrected chi connectivity index (χ1v) is 12.3. The van der Waals surface area contributed by atoms with E-state index in [9.17, 15) is 22.8 Å². The molecule has 2 aliphatic heterocycles. The lowest BCUT2D eigenvalue weighted by Gasteiger charge is -2.34. The SMILES string of the molecule is COC(=O)C1Cc2ccccc2N1C(=O)C1CCN(S(=O)(=O)c2cccc(C(C)=O)c2)CC1. The molecule has 0 aliphatic carbocycles. The van der Waals surface area contributed by atoms with Crippen LogP contribution in [0.3, 0.4) is 0 Å². The van der Waals surface area contributed by atoms with Gasteiger partial charge in [0, 0.05) is 36.7 Å². The third-order valence-corrected chi connectivity index (χ3v) is 8.26. The highest BCUT2D eigenvalue weighted by Gasteiger charge is 2.42. The molecule has 1 unspecified atom stereocenters. The Kier molecular flexibility index (Phi) is 6.36. The van der Waals surface area contributed by atoms with Crippen LogP contribution in [-0.2, 0) is 30.8 Å². The van der Waals surface area contributed by atoms with E-state index in [1.54, 1.807) is 12.1 Å². The topological polar surface area (TPSA) is 101 Å². The number of ketones is 1. The maximum absolute atomic E-state index is 13.5. The first kappa shape index (κ1) is 23.1. The third kappa shape index (κ3) is 4.30. The molecule has 174 valence electrons. The zero-order valence-corrected chi connectivity index (χ0v) is 19.4. The molecule has 2 aliphatic rings. The van der Waals surface area contributed by atoms with E-state index in [1.807, 2.05) is 24.3 Å². The van der Waals surface area contributed by atoms with E-state index < -0.39 is 28.0 Å². The Morgan fingerprint density at radius 2 is 1.70 bits per heavy atom. The van der Waals surface area contributed by atoms with E-state index in [0.717, 1.165) is 5.56 Å². The van der Waals surface area contributed by atoms with Gasteiger partial charge in [-0.05, 0) is 43.5 Å². The van der Waals surface area contributed by atoms with Crippen LogP contribution < -0.4 is 4.90 Å². The molecule has 9 heteroatoms. The molecule has 2 aromatic carbocycles. The summed E-state index contributed by atoms with van der Waals surface area (Å²) in [6, 6.07) is 12.7. The molecule has 0 N–H and O–H groups in total. The number of amides is 1. The lowest BCUT2D eigenvalue weighted by molar-refractivity contribution is -0.143. The van der Waals surface area contributed by atoms with E-state index >= 15 is 0 Å². The molecule has 0 saturated carbocycles. The van der Waals surface area contributed by atoms with Crippen LogP contribution in [0.5, 0.6) is 0 Å². The maximum Gasteiger partial charge on any atom is 0.329 e. The van der Waals surface area contributed by atoms with Gasteiger partial charge in [-0.2, -0.15) is 4.31 Å². The fourth-order valence-corrected chi connectivity index (χ4v) is 6.06. The second-order valence-electron chi connectivity index (χ2n) is 8.34. The second kappa shape index (κ2) is 9.07. The van der Waals surface area contributed by atoms with Gasteiger partial charge < -0.3 is 4.74 Å². The second-order valence-corrected chi connectivity index (χ2v) is 10.3. The number of rotatable bonds is 5. The van der Waals surface area contributed by atoms with Crippen molar-refractivity contribution in [3.05, 3.63) is 59.7 Å². The number of ether oxygens (including phenoxy) is 1. The van der Waals surface area contributed by atoms with Crippen LogP contribution in [0.15, 0.2) is 53.4 Å². The molecule has 8 nitrogen and oxygen atoms in total. The van der Waals surface area contributed by atoms with Gasteiger partial charge in [0.05, 0.1) is 12.0 Å². The minimum Gasteiger partial charge on any atom is -0.467 e. The van der Waals surface area contributed by atoms with Crippen molar-refractivity contribution in [1.82, 2.24) is 4.31 Å². The number of hydrogen-bond donors (Lipinski definition) is 0. The summed E-state index contributed by atoms with van der Waals surface area (Å²) in [5.74, 6) is -1.27. The number of benzene rings is 2. The Balaban J connectivity index is 1.50. The number of sulfonamides is 1. The van der Waals surface area contributed by atoms with E-state index in [-0.39, 0.29) is 29.7 Å². The Bertz CT molecular complexity index is 1200. The van der Waals surface area contributed by atoms with Gasteiger partial charge in [-0.15, -0.1) is 0 Å². The summed E-state index contributed by atoms with van der Waals surface area (Å²) in [5, 5.41) is 0. The van der Waals surface area contributed by atoms with Crippen LogP contribution in [0.25, 0.3) is 0 Å². The van der Waals surface area contributed by atoms with E-state index in [4.69, 9.17) is 4.74 Å². The molecule has 4 rings (SSSR count). The van der Waals surface area contributed by atoms with Crippen molar-refractivity contribution in [2.45, 2.75) is 37.1 Å². The lowest BCUT2D eigenvalue weighted by atomic mass is 9.96. The van der Waals surface area contributed by atoms with E-state index in [0.29, 0.717) is 30.5 Å². The summed E-state index contributed by atoms with van der Waals surface area (Å²) in [7, 11) is -2.48. The van der Waals surface area contributed by atoms with Crippen molar-refractivity contribution in [1.29, 1.82) is 0 Å². The highest BCUT2D eigenvalue weighted by atomic mass is 32.2. The smallest absolute Gasteiger partial charge is 0.329 e. The number of anilines is 1. The number of carbonyl (C=O) groups is 3. The third-order valence-electron chi connectivity index (χ3n) is 6.37. The van der Waals surface area contributed by atoms with Crippen molar-refractivity contribution in [2.75, 3.05) is 25.1 Å². The number of piperidine rings is 1. The van der Waals surface area contributed by atoms with Crippen LogP contribution in [0, 0.1) is 5.92 Å². The summed E-state index contributed by atoms with van der Waals surface area (Å²) in [5.41, 5.74) is 1.95. The van der Waals surface area contributed by atoms with Crippen LogP contribution in [0.4, 0.5) is 5.69 Å².